The SMILES string of the molecule is Cc1ccc(C#N)cc1NS(=O)(=O)Cc1ccccc1. The Labute approximate surface area is 118 Å². The van der Waals surface area contributed by atoms with Gasteiger partial charge in [0.2, 0.25) is 10.0 Å². The highest BCUT2D eigenvalue weighted by molar-refractivity contribution is 7.91. The van der Waals surface area contributed by atoms with E-state index in [0.29, 0.717) is 16.8 Å². The van der Waals surface area contributed by atoms with Crippen LogP contribution in [0.25, 0.3) is 0 Å². The number of rotatable bonds is 4. The van der Waals surface area contributed by atoms with E-state index in [0.717, 1.165) is 5.56 Å². The minimum Gasteiger partial charge on any atom is -0.283 e. The number of nitrogens with zero attached hydrogens (tertiary/aromatic N) is 1. The highest BCUT2D eigenvalue weighted by atomic mass is 32.2. The molecule has 0 radical (unpaired) electrons. The number of benzene rings is 2. The van der Waals surface area contributed by atoms with E-state index in [1.165, 1.54) is 6.07 Å². The van der Waals surface area contributed by atoms with Crippen LogP contribution in [-0.2, 0) is 15.8 Å². The van der Waals surface area contributed by atoms with Crippen LogP contribution in [0.4, 0.5) is 5.69 Å². The summed E-state index contributed by atoms with van der Waals surface area (Å²) in [5.74, 6) is -0.0932. The summed E-state index contributed by atoms with van der Waals surface area (Å²) in [7, 11) is -3.49. The summed E-state index contributed by atoms with van der Waals surface area (Å²) in [6, 6.07) is 15.9. The van der Waals surface area contributed by atoms with E-state index < -0.39 is 10.0 Å². The smallest absolute Gasteiger partial charge is 0.236 e. The molecule has 0 heterocycles. The van der Waals surface area contributed by atoms with Crippen molar-refractivity contribution in [3.63, 3.8) is 0 Å². The second-order valence-corrected chi connectivity index (χ2v) is 6.21. The van der Waals surface area contributed by atoms with E-state index in [1.807, 2.05) is 12.1 Å². The zero-order valence-electron chi connectivity index (χ0n) is 11.0. The van der Waals surface area contributed by atoms with Crippen LogP contribution in [-0.4, -0.2) is 8.42 Å². The van der Waals surface area contributed by atoms with Gasteiger partial charge in [-0.05, 0) is 30.2 Å². The van der Waals surface area contributed by atoms with Crippen LogP contribution in [0.3, 0.4) is 0 Å². The molecule has 0 aliphatic carbocycles. The second-order valence-electron chi connectivity index (χ2n) is 4.49. The maximum atomic E-state index is 12.1. The Morgan fingerprint density at radius 2 is 1.85 bits per heavy atom. The van der Waals surface area contributed by atoms with Gasteiger partial charge in [-0.3, -0.25) is 4.72 Å². The van der Waals surface area contributed by atoms with Crippen LogP contribution in [0.1, 0.15) is 16.7 Å². The van der Waals surface area contributed by atoms with Crippen LogP contribution >= 0.6 is 0 Å². The summed E-state index contributed by atoms with van der Waals surface area (Å²) in [4.78, 5) is 0. The molecule has 5 heteroatoms. The molecule has 2 aromatic carbocycles. The molecule has 4 nitrogen and oxygen atoms in total. The number of aryl methyl sites for hydroxylation is 1. The monoisotopic (exact) mass is 286 g/mol. The predicted molar refractivity (Wildman–Crippen MR) is 78.6 cm³/mol. The molecule has 0 saturated carbocycles. The van der Waals surface area contributed by atoms with Crippen molar-refractivity contribution in [2.24, 2.45) is 0 Å². The number of nitrogens with one attached hydrogen (secondary N) is 1. The highest BCUT2D eigenvalue weighted by Gasteiger charge is 2.13. The molecule has 0 amide bonds. The van der Waals surface area contributed by atoms with Gasteiger partial charge < -0.3 is 0 Å². The van der Waals surface area contributed by atoms with E-state index in [-0.39, 0.29) is 5.75 Å². The number of hydrogen-bond acceptors (Lipinski definition) is 3. The second kappa shape index (κ2) is 5.76. The third kappa shape index (κ3) is 3.59. The average molecular weight is 286 g/mol. The largest absolute Gasteiger partial charge is 0.283 e. The maximum Gasteiger partial charge on any atom is 0.236 e. The van der Waals surface area contributed by atoms with Crippen LogP contribution in [0.5, 0.6) is 0 Å². The lowest BCUT2D eigenvalue weighted by Crippen LogP contribution is -2.15. The van der Waals surface area contributed by atoms with Crippen molar-refractivity contribution in [1.29, 1.82) is 5.26 Å². The zero-order chi connectivity index (χ0) is 14.6. The first kappa shape index (κ1) is 14.1. The molecule has 102 valence electrons. The number of anilines is 1. The Bertz CT molecular complexity index is 747. The summed E-state index contributed by atoms with van der Waals surface area (Å²) in [6.45, 7) is 1.79. The lowest BCUT2D eigenvalue weighted by molar-refractivity contribution is 0.600. The van der Waals surface area contributed by atoms with E-state index in [4.69, 9.17) is 5.26 Å². The zero-order valence-corrected chi connectivity index (χ0v) is 11.8. The van der Waals surface area contributed by atoms with Gasteiger partial charge in [0.15, 0.2) is 0 Å². The maximum absolute atomic E-state index is 12.1. The lowest BCUT2D eigenvalue weighted by Gasteiger charge is -2.10. The summed E-state index contributed by atoms with van der Waals surface area (Å²) < 4.78 is 26.8. The van der Waals surface area contributed by atoms with E-state index in [9.17, 15) is 8.42 Å². The van der Waals surface area contributed by atoms with Crippen molar-refractivity contribution in [2.75, 3.05) is 4.72 Å². The number of hydrogen-bond donors (Lipinski definition) is 1. The van der Waals surface area contributed by atoms with Crippen molar-refractivity contribution in [1.82, 2.24) is 0 Å². The molecule has 0 unspecified atom stereocenters. The quantitative estimate of drug-likeness (QED) is 0.939. The van der Waals surface area contributed by atoms with E-state index in [1.54, 1.807) is 43.3 Å². The predicted octanol–water partition coefficient (Wildman–Crippen LogP) is 2.81. The molecule has 0 saturated heterocycles. The number of nitriles is 1. The van der Waals surface area contributed by atoms with Gasteiger partial charge in [-0.1, -0.05) is 36.4 Å². The van der Waals surface area contributed by atoms with Crippen LogP contribution < -0.4 is 4.72 Å². The lowest BCUT2D eigenvalue weighted by atomic mass is 10.1. The normalized spacial score (nSPS) is 10.8. The third-order valence-electron chi connectivity index (χ3n) is 2.83. The van der Waals surface area contributed by atoms with Gasteiger partial charge in [0.25, 0.3) is 0 Å². The van der Waals surface area contributed by atoms with Crippen molar-refractivity contribution < 1.29 is 8.42 Å². The summed E-state index contributed by atoms with van der Waals surface area (Å²) in [5.41, 5.74) is 2.36. The Morgan fingerprint density at radius 3 is 2.50 bits per heavy atom. The summed E-state index contributed by atoms with van der Waals surface area (Å²) >= 11 is 0. The fraction of sp³-hybridized carbons (Fsp3) is 0.133. The molecule has 0 aliphatic rings. The molecule has 0 aliphatic heterocycles. The van der Waals surface area contributed by atoms with Crippen molar-refractivity contribution in [3.8, 4) is 6.07 Å². The molecule has 0 atom stereocenters. The third-order valence-corrected chi connectivity index (χ3v) is 4.08. The molecule has 0 bridgehead atoms. The Kier molecular flexibility index (Phi) is 4.06. The molecule has 2 aromatic rings. The Morgan fingerprint density at radius 1 is 1.15 bits per heavy atom. The first-order chi connectivity index (χ1) is 9.50. The first-order valence-electron chi connectivity index (χ1n) is 6.05. The van der Waals surface area contributed by atoms with Gasteiger partial charge in [-0.2, -0.15) is 5.26 Å². The van der Waals surface area contributed by atoms with Gasteiger partial charge in [0.05, 0.1) is 23.1 Å². The Hall–Kier alpha value is -2.32. The van der Waals surface area contributed by atoms with Crippen molar-refractivity contribution in [3.05, 3.63) is 65.2 Å². The summed E-state index contributed by atoms with van der Waals surface area (Å²) in [6.07, 6.45) is 0. The van der Waals surface area contributed by atoms with Crippen LogP contribution in [0, 0.1) is 18.3 Å². The molecule has 0 aromatic heterocycles. The van der Waals surface area contributed by atoms with Crippen LogP contribution in [0.15, 0.2) is 48.5 Å². The minimum atomic E-state index is -3.49. The summed E-state index contributed by atoms with van der Waals surface area (Å²) in [5, 5.41) is 8.86. The molecular formula is C15H14N2O2S. The molecule has 0 fully saturated rings. The van der Waals surface area contributed by atoms with E-state index in [2.05, 4.69) is 4.72 Å². The number of sulfonamides is 1. The van der Waals surface area contributed by atoms with Gasteiger partial charge in [-0.25, -0.2) is 8.42 Å². The fourth-order valence-corrected chi connectivity index (χ4v) is 3.06. The van der Waals surface area contributed by atoms with Gasteiger partial charge >= 0.3 is 0 Å². The molecule has 2 rings (SSSR count). The van der Waals surface area contributed by atoms with Crippen molar-refractivity contribution in [2.45, 2.75) is 12.7 Å². The highest BCUT2D eigenvalue weighted by Crippen LogP contribution is 2.19. The molecule has 20 heavy (non-hydrogen) atoms. The van der Waals surface area contributed by atoms with Gasteiger partial charge in [0, 0.05) is 0 Å². The molecule has 0 spiro atoms. The average Bonchev–Trinajstić information content (AvgIpc) is 2.41. The van der Waals surface area contributed by atoms with E-state index >= 15 is 0 Å². The topological polar surface area (TPSA) is 70.0 Å². The molecular weight excluding hydrogens is 272 g/mol. The first-order valence-corrected chi connectivity index (χ1v) is 7.70. The minimum absolute atomic E-state index is 0.0932. The standard InChI is InChI=1S/C15H14N2O2S/c1-12-7-8-14(10-16)9-15(12)17-20(18,19)11-13-5-3-2-4-6-13/h2-9,17H,11H2,1H3. The van der Waals surface area contributed by atoms with Crippen molar-refractivity contribution >= 4 is 15.7 Å². The van der Waals surface area contributed by atoms with Crippen LogP contribution in [0.2, 0.25) is 0 Å². The Balaban J connectivity index is 2.23. The molecule has 1 N–H and O–H groups in total. The van der Waals surface area contributed by atoms with Gasteiger partial charge in [0.1, 0.15) is 0 Å². The fourth-order valence-electron chi connectivity index (χ4n) is 1.80. The van der Waals surface area contributed by atoms with Gasteiger partial charge in [-0.15, -0.1) is 0 Å².